The lowest BCUT2D eigenvalue weighted by Crippen LogP contribution is -2.15. The minimum atomic E-state index is -0.362. The summed E-state index contributed by atoms with van der Waals surface area (Å²) in [6, 6.07) is 12.7. The first-order chi connectivity index (χ1) is 12.0. The van der Waals surface area contributed by atoms with E-state index in [-0.39, 0.29) is 11.9 Å². The zero-order valence-electron chi connectivity index (χ0n) is 14.2. The van der Waals surface area contributed by atoms with Gasteiger partial charge in [0, 0.05) is 16.5 Å². The van der Waals surface area contributed by atoms with E-state index in [1.165, 1.54) is 11.8 Å². The van der Waals surface area contributed by atoms with Gasteiger partial charge in [0.05, 0.1) is 17.9 Å². The van der Waals surface area contributed by atoms with E-state index in [0.29, 0.717) is 34.4 Å². The molecule has 0 aliphatic carbocycles. The second-order valence-corrected chi connectivity index (χ2v) is 6.78. The minimum absolute atomic E-state index is 0.0935. The number of carbonyl (C=O) groups excluding carboxylic acids is 2. The molecule has 1 amide bonds. The van der Waals surface area contributed by atoms with Gasteiger partial charge < -0.3 is 10.1 Å². The Morgan fingerprint density at radius 3 is 2.64 bits per heavy atom. The summed E-state index contributed by atoms with van der Waals surface area (Å²) in [5, 5.41) is 3.57. The topological polar surface area (TPSA) is 55.4 Å². The lowest BCUT2D eigenvalue weighted by Gasteiger charge is -2.10. The Hall–Kier alpha value is -1.98. The van der Waals surface area contributed by atoms with E-state index in [1.807, 2.05) is 31.2 Å². The maximum absolute atomic E-state index is 12.1. The number of aryl methyl sites for hydroxylation is 1. The fourth-order valence-electron chi connectivity index (χ4n) is 2.20. The number of rotatable bonds is 7. The van der Waals surface area contributed by atoms with Crippen molar-refractivity contribution >= 4 is 40.9 Å². The molecule has 1 N–H and O–H groups in total. The van der Waals surface area contributed by atoms with Crippen LogP contribution in [0.5, 0.6) is 0 Å². The summed E-state index contributed by atoms with van der Waals surface area (Å²) < 4.78 is 4.97. The number of nitrogens with one attached hydrogen (secondary N) is 1. The van der Waals surface area contributed by atoms with Crippen molar-refractivity contribution in [2.75, 3.05) is 17.7 Å². The molecular weight excluding hydrogens is 358 g/mol. The molecule has 2 rings (SSSR count). The molecule has 0 saturated carbocycles. The van der Waals surface area contributed by atoms with Crippen molar-refractivity contribution in [1.82, 2.24) is 0 Å². The summed E-state index contributed by atoms with van der Waals surface area (Å²) in [5.74, 6) is 0.542. The van der Waals surface area contributed by atoms with Gasteiger partial charge in [0.25, 0.3) is 0 Å². The molecule has 6 heteroatoms. The number of esters is 1. The second kappa shape index (κ2) is 9.49. The van der Waals surface area contributed by atoms with Crippen LogP contribution in [0.4, 0.5) is 5.69 Å². The number of halogens is 1. The lowest BCUT2D eigenvalue weighted by molar-refractivity contribution is -0.113. The van der Waals surface area contributed by atoms with Crippen molar-refractivity contribution in [3.8, 4) is 0 Å². The Morgan fingerprint density at radius 2 is 1.96 bits per heavy atom. The van der Waals surface area contributed by atoms with E-state index in [9.17, 15) is 9.59 Å². The summed E-state index contributed by atoms with van der Waals surface area (Å²) in [7, 11) is 0. The van der Waals surface area contributed by atoms with E-state index in [2.05, 4.69) is 5.32 Å². The highest BCUT2D eigenvalue weighted by Gasteiger charge is 2.10. The quantitative estimate of drug-likeness (QED) is 0.711. The number of carbonyl (C=O) groups is 2. The molecule has 0 unspecified atom stereocenters. The Morgan fingerprint density at radius 1 is 1.20 bits per heavy atom. The number of hydrogen-bond acceptors (Lipinski definition) is 4. The van der Waals surface area contributed by atoms with Gasteiger partial charge in [0.15, 0.2) is 0 Å². The normalized spacial score (nSPS) is 10.4. The van der Waals surface area contributed by atoms with Crippen LogP contribution in [0.1, 0.15) is 28.4 Å². The average Bonchev–Trinajstić information content (AvgIpc) is 2.58. The van der Waals surface area contributed by atoms with Gasteiger partial charge in [-0.2, -0.15) is 0 Å². The van der Waals surface area contributed by atoms with Crippen molar-refractivity contribution in [3.05, 3.63) is 64.2 Å². The van der Waals surface area contributed by atoms with Gasteiger partial charge in [-0.3, -0.25) is 4.79 Å². The first-order valence-electron chi connectivity index (χ1n) is 7.90. The van der Waals surface area contributed by atoms with E-state index >= 15 is 0 Å². The molecule has 0 atom stereocenters. The largest absolute Gasteiger partial charge is 0.462 e. The number of amides is 1. The van der Waals surface area contributed by atoms with Crippen LogP contribution < -0.4 is 5.32 Å². The Bertz CT molecular complexity index is 764. The maximum Gasteiger partial charge on any atom is 0.338 e. The number of hydrogen-bond donors (Lipinski definition) is 1. The van der Waals surface area contributed by atoms with Gasteiger partial charge in [0.1, 0.15) is 0 Å². The van der Waals surface area contributed by atoms with E-state index < -0.39 is 0 Å². The zero-order valence-corrected chi connectivity index (χ0v) is 15.7. The van der Waals surface area contributed by atoms with E-state index in [1.54, 1.807) is 25.1 Å². The SMILES string of the molecule is CCOC(=O)c1ccc(NC(=O)CSCc2ccccc2Cl)c(C)c1. The second-order valence-electron chi connectivity index (χ2n) is 5.38. The fourth-order valence-corrected chi connectivity index (χ4v) is 3.31. The molecule has 0 aromatic heterocycles. The molecule has 0 aliphatic heterocycles. The predicted molar refractivity (Wildman–Crippen MR) is 103 cm³/mol. The minimum Gasteiger partial charge on any atom is -0.462 e. The van der Waals surface area contributed by atoms with E-state index in [0.717, 1.165) is 11.1 Å². The Kier molecular flexibility index (Phi) is 7.34. The molecular formula is C19H20ClNO3S. The van der Waals surface area contributed by atoms with Crippen LogP contribution >= 0.6 is 23.4 Å². The average molecular weight is 378 g/mol. The summed E-state index contributed by atoms with van der Waals surface area (Å²) in [6.07, 6.45) is 0. The van der Waals surface area contributed by atoms with Crippen molar-refractivity contribution in [3.63, 3.8) is 0 Å². The highest BCUT2D eigenvalue weighted by Crippen LogP contribution is 2.21. The third-order valence-electron chi connectivity index (χ3n) is 3.46. The molecule has 0 radical (unpaired) electrons. The highest BCUT2D eigenvalue weighted by molar-refractivity contribution is 7.99. The van der Waals surface area contributed by atoms with Gasteiger partial charge in [0.2, 0.25) is 5.91 Å². The summed E-state index contributed by atoms with van der Waals surface area (Å²) in [4.78, 5) is 23.8. The Balaban J connectivity index is 1.88. The van der Waals surface area contributed by atoms with Crippen LogP contribution in [-0.4, -0.2) is 24.2 Å². The van der Waals surface area contributed by atoms with Crippen LogP contribution in [0.15, 0.2) is 42.5 Å². The van der Waals surface area contributed by atoms with Crippen molar-refractivity contribution in [2.45, 2.75) is 19.6 Å². The molecule has 0 saturated heterocycles. The molecule has 4 nitrogen and oxygen atoms in total. The summed E-state index contributed by atoms with van der Waals surface area (Å²) in [5.41, 5.74) is 2.99. The molecule has 25 heavy (non-hydrogen) atoms. The first-order valence-corrected chi connectivity index (χ1v) is 9.43. The molecule has 0 fully saturated rings. The maximum atomic E-state index is 12.1. The van der Waals surface area contributed by atoms with Crippen LogP contribution in [-0.2, 0) is 15.3 Å². The summed E-state index contributed by atoms with van der Waals surface area (Å²) in [6.45, 7) is 3.94. The molecule has 0 bridgehead atoms. The molecule has 2 aromatic carbocycles. The van der Waals surface area contributed by atoms with Crippen LogP contribution in [0, 0.1) is 6.92 Å². The van der Waals surface area contributed by atoms with Crippen molar-refractivity contribution in [2.24, 2.45) is 0 Å². The van der Waals surface area contributed by atoms with Crippen molar-refractivity contribution in [1.29, 1.82) is 0 Å². The highest BCUT2D eigenvalue weighted by atomic mass is 35.5. The first kappa shape index (κ1) is 19.3. The Labute approximate surface area is 156 Å². The van der Waals surface area contributed by atoms with Crippen molar-refractivity contribution < 1.29 is 14.3 Å². The van der Waals surface area contributed by atoms with Crippen LogP contribution in [0.3, 0.4) is 0 Å². The van der Waals surface area contributed by atoms with Gasteiger partial charge >= 0.3 is 5.97 Å². The zero-order chi connectivity index (χ0) is 18.2. The third-order valence-corrected chi connectivity index (χ3v) is 4.81. The fraction of sp³-hybridized carbons (Fsp3) is 0.263. The molecule has 0 aliphatic rings. The monoisotopic (exact) mass is 377 g/mol. The predicted octanol–water partition coefficient (Wildman–Crippen LogP) is 4.70. The molecule has 0 spiro atoms. The number of thioether (sulfide) groups is 1. The smallest absolute Gasteiger partial charge is 0.338 e. The van der Waals surface area contributed by atoms with Crippen LogP contribution in [0.2, 0.25) is 5.02 Å². The van der Waals surface area contributed by atoms with Gasteiger partial charge in [-0.25, -0.2) is 4.79 Å². The molecule has 2 aromatic rings. The van der Waals surface area contributed by atoms with Gasteiger partial charge in [-0.15, -0.1) is 11.8 Å². The molecule has 132 valence electrons. The van der Waals surface area contributed by atoms with Gasteiger partial charge in [-0.1, -0.05) is 29.8 Å². The van der Waals surface area contributed by atoms with E-state index in [4.69, 9.17) is 16.3 Å². The third kappa shape index (κ3) is 5.80. The van der Waals surface area contributed by atoms with Gasteiger partial charge in [-0.05, 0) is 49.2 Å². The number of benzene rings is 2. The lowest BCUT2D eigenvalue weighted by atomic mass is 10.1. The van der Waals surface area contributed by atoms with Crippen LogP contribution in [0.25, 0.3) is 0 Å². The summed E-state index contributed by atoms with van der Waals surface area (Å²) >= 11 is 7.60. The number of ether oxygens (including phenoxy) is 1. The number of anilines is 1. The molecule has 0 heterocycles. The standard InChI is InChI=1S/C19H20ClNO3S/c1-3-24-19(23)14-8-9-17(13(2)10-14)21-18(22)12-25-11-15-6-4-5-7-16(15)20/h4-10H,3,11-12H2,1-2H3,(H,21,22).